The molecule has 0 saturated heterocycles. The van der Waals surface area contributed by atoms with Crippen LogP contribution in [0.3, 0.4) is 0 Å². The van der Waals surface area contributed by atoms with Gasteiger partial charge in [0.15, 0.2) is 11.6 Å². The van der Waals surface area contributed by atoms with Crippen LogP contribution in [0.25, 0.3) is 0 Å². The zero-order valence-corrected chi connectivity index (χ0v) is 11.8. The monoisotopic (exact) mass is 281 g/mol. The Kier molecular flexibility index (Phi) is 4.20. The van der Waals surface area contributed by atoms with Gasteiger partial charge in [-0.2, -0.15) is 0 Å². The van der Waals surface area contributed by atoms with Crippen molar-refractivity contribution in [1.82, 2.24) is 9.97 Å². The summed E-state index contributed by atoms with van der Waals surface area (Å²) < 4.78 is 13.8. The number of hydrogen-bond acceptors (Lipinski definition) is 4. The van der Waals surface area contributed by atoms with Crippen molar-refractivity contribution in [1.29, 1.82) is 0 Å². The quantitative estimate of drug-likeness (QED) is 0.887. The van der Waals surface area contributed by atoms with Gasteiger partial charge in [0.05, 0.1) is 11.1 Å². The lowest BCUT2D eigenvalue weighted by Crippen LogP contribution is -2.41. The molecule has 1 saturated carbocycles. The second kappa shape index (κ2) is 5.73. The van der Waals surface area contributed by atoms with Crippen LogP contribution < -0.4 is 5.32 Å². The lowest BCUT2D eigenvalue weighted by molar-refractivity contribution is -0.150. The Balaban J connectivity index is 2.10. The van der Waals surface area contributed by atoms with E-state index in [1.54, 1.807) is 6.92 Å². The molecule has 1 aliphatic rings. The topological polar surface area (TPSA) is 75.1 Å². The second-order valence-electron chi connectivity index (χ2n) is 5.74. The number of aliphatic carboxylic acids is 1. The molecule has 0 aliphatic heterocycles. The van der Waals surface area contributed by atoms with Gasteiger partial charge in [0.25, 0.3) is 0 Å². The van der Waals surface area contributed by atoms with Gasteiger partial charge in [0, 0.05) is 6.54 Å². The molecule has 1 aromatic rings. The fourth-order valence-electron chi connectivity index (χ4n) is 2.62. The summed E-state index contributed by atoms with van der Waals surface area (Å²) >= 11 is 0. The third-order valence-corrected chi connectivity index (χ3v) is 4.24. The van der Waals surface area contributed by atoms with E-state index in [2.05, 4.69) is 22.2 Å². The van der Waals surface area contributed by atoms with E-state index in [4.69, 9.17) is 0 Å². The van der Waals surface area contributed by atoms with Gasteiger partial charge in [-0.1, -0.05) is 6.92 Å². The molecule has 2 rings (SSSR count). The van der Waals surface area contributed by atoms with Gasteiger partial charge >= 0.3 is 5.97 Å². The number of nitrogens with zero attached hydrogens (tertiary/aromatic N) is 2. The van der Waals surface area contributed by atoms with Crippen molar-refractivity contribution in [3.63, 3.8) is 0 Å². The van der Waals surface area contributed by atoms with E-state index in [-0.39, 0.29) is 18.1 Å². The van der Waals surface area contributed by atoms with Gasteiger partial charge in [-0.05, 0) is 38.5 Å². The average molecular weight is 281 g/mol. The Morgan fingerprint density at radius 2 is 2.15 bits per heavy atom. The van der Waals surface area contributed by atoms with Crippen LogP contribution in [0.15, 0.2) is 6.33 Å². The standard InChI is InChI=1S/C14H20FN3O2/c1-9-3-5-14(6-4-9,13(19)20)7-16-12-11(15)10(2)17-8-18-12/h8-9H,3-7H2,1-2H3,(H,19,20)(H,16,17,18). The molecule has 0 spiro atoms. The highest BCUT2D eigenvalue weighted by molar-refractivity contribution is 5.75. The van der Waals surface area contributed by atoms with Crippen LogP contribution in [0.1, 0.15) is 38.3 Å². The van der Waals surface area contributed by atoms with Gasteiger partial charge < -0.3 is 10.4 Å². The van der Waals surface area contributed by atoms with Crippen LogP contribution in [0.5, 0.6) is 0 Å². The van der Waals surface area contributed by atoms with Crippen molar-refractivity contribution in [2.75, 3.05) is 11.9 Å². The minimum Gasteiger partial charge on any atom is -0.481 e. The van der Waals surface area contributed by atoms with Crippen molar-refractivity contribution in [2.45, 2.75) is 39.5 Å². The smallest absolute Gasteiger partial charge is 0.311 e. The first-order valence-corrected chi connectivity index (χ1v) is 6.89. The molecule has 1 fully saturated rings. The zero-order chi connectivity index (χ0) is 14.8. The van der Waals surface area contributed by atoms with E-state index >= 15 is 0 Å². The molecule has 6 heteroatoms. The number of aromatic nitrogens is 2. The minimum absolute atomic E-state index is 0.0803. The van der Waals surface area contributed by atoms with Crippen LogP contribution in [-0.2, 0) is 4.79 Å². The molecule has 0 atom stereocenters. The van der Waals surface area contributed by atoms with E-state index in [0.717, 1.165) is 12.8 Å². The summed E-state index contributed by atoms with van der Waals surface area (Å²) in [5.41, 5.74) is -0.568. The highest BCUT2D eigenvalue weighted by Gasteiger charge is 2.41. The predicted octanol–water partition coefficient (Wildman–Crippen LogP) is 2.62. The van der Waals surface area contributed by atoms with E-state index in [9.17, 15) is 14.3 Å². The molecule has 20 heavy (non-hydrogen) atoms. The van der Waals surface area contributed by atoms with Crippen LogP contribution in [-0.4, -0.2) is 27.6 Å². The molecule has 1 aliphatic carbocycles. The summed E-state index contributed by atoms with van der Waals surface area (Å²) in [5, 5.41) is 12.4. The molecule has 0 radical (unpaired) electrons. The summed E-state index contributed by atoms with van der Waals surface area (Å²) in [7, 11) is 0. The molecule has 1 aromatic heterocycles. The number of nitrogens with one attached hydrogen (secondary N) is 1. The second-order valence-corrected chi connectivity index (χ2v) is 5.74. The van der Waals surface area contributed by atoms with Gasteiger partial charge in [-0.25, -0.2) is 14.4 Å². The summed E-state index contributed by atoms with van der Waals surface area (Å²) in [6, 6.07) is 0. The fraction of sp³-hybridized carbons (Fsp3) is 0.643. The molecule has 2 N–H and O–H groups in total. The van der Waals surface area contributed by atoms with Gasteiger partial charge in [0.1, 0.15) is 6.33 Å². The van der Waals surface area contributed by atoms with E-state index in [0.29, 0.717) is 18.8 Å². The summed E-state index contributed by atoms with van der Waals surface area (Å²) in [6.45, 7) is 3.88. The van der Waals surface area contributed by atoms with E-state index < -0.39 is 17.2 Å². The normalized spacial score (nSPS) is 26.2. The molecule has 0 amide bonds. The molecular weight excluding hydrogens is 261 g/mol. The molecule has 110 valence electrons. The number of rotatable bonds is 4. The lowest BCUT2D eigenvalue weighted by Gasteiger charge is -2.36. The number of anilines is 1. The number of hydrogen-bond donors (Lipinski definition) is 2. The maximum atomic E-state index is 13.8. The summed E-state index contributed by atoms with van der Waals surface area (Å²) in [6.07, 6.45) is 4.28. The maximum Gasteiger partial charge on any atom is 0.311 e. The summed E-state index contributed by atoms with van der Waals surface area (Å²) in [5.74, 6) is -0.697. The Morgan fingerprint density at radius 1 is 1.50 bits per heavy atom. The highest BCUT2D eigenvalue weighted by Crippen LogP contribution is 2.39. The first kappa shape index (κ1) is 14.7. The number of halogens is 1. The predicted molar refractivity (Wildman–Crippen MR) is 72.9 cm³/mol. The Bertz CT molecular complexity index is 499. The van der Waals surface area contributed by atoms with Crippen molar-refractivity contribution in [3.8, 4) is 0 Å². The average Bonchev–Trinajstić information content (AvgIpc) is 2.42. The first-order valence-electron chi connectivity index (χ1n) is 6.89. The Morgan fingerprint density at radius 3 is 2.75 bits per heavy atom. The maximum absolute atomic E-state index is 13.8. The molecular formula is C14H20FN3O2. The van der Waals surface area contributed by atoms with Crippen LogP contribution >= 0.6 is 0 Å². The Labute approximate surface area is 117 Å². The van der Waals surface area contributed by atoms with Gasteiger partial charge in [-0.15, -0.1) is 0 Å². The number of carboxylic acid groups (broad SMARTS) is 1. The molecule has 0 bridgehead atoms. The van der Waals surface area contributed by atoms with Crippen molar-refractivity contribution >= 4 is 11.8 Å². The Hall–Kier alpha value is -1.72. The first-order chi connectivity index (χ1) is 9.44. The number of carbonyl (C=O) groups is 1. The van der Waals surface area contributed by atoms with Gasteiger partial charge in [0.2, 0.25) is 0 Å². The van der Waals surface area contributed by atoms with Crippen LogP contribution in [0, 0.1) is 24.1 Å². The third kappa shape index (κ3) is 2.89. The van der Waals surface area contributed by atoms with Gasteiger partial charge in [-0.3, -0.25) is 4.79 Å². The van der Waals surface area contributed by atoms with E-state index in [1.807, 2.05) is 0 Å². The highest BCUT2D eigenvalue weighted by atomic mass is 19.1. The number of carboxylic acids is 1. The largest absolute Gasteiger partial charge is 0.481 e. The minimum atomic E-state index is -0.822. The molecule has 0 unspecified atom stereocenters. The SMILES string of the molecule is Cc1ncnc(NCC2(C(=O)O)CCC(C)CC2)c1F. The zero-order valence-electron chi connectivity index (χ0n) is 11.8. The van der Waals surface area contributed by atoms with E-state index in [1.165, 1.54) is 6.33 Å². The molecule has 0 aromatic carbocycles. The molecule has 1 heterocycles. The van der Waals surface area contributed by atoms with Crippen LogP contribution in [0.4, 0.5) is 10.2 Å². The number of aryl methyl sites for hydroxylation is 1. The van der Waals surface area contributed by atoms with Crippen molar-refractivity contribution < 1.29 is 14.3 Å². The third-order valence-electron chi connectivity index (χ3n) is 4.24. The summed E-state index contributed by atoms with van der Waals surface area (Å²) in [4.78, 5) is 19.2. The fourth-order valence-corrected chi connectivity index (χ4v) is 2.62. The van der Waals surface area contributed by atoms with Crippen molar-refractivity contribution in [2.24, 2.45) is 11.3 Å². The molecule has 5 nitrogen and oxygen atoms in total. The lowest BCUT2D eigenvalue weighted by atomic mass is 9.71. The van der Waals surface area contributed by atoms with Crippen molar-refractivity contribution in [3.05, 3.63) is 17.8 Å². The van der Waals surface area contributed by atoms with Crippen LogP contribution in [0.2, 0.25) is 0 Å².